The molecule has 0 aliphatic heterocycles. The van der Waals surface area contributed by atoms with Gasteiger partial charge in [-0.2, -0.15) is 0 Å². The van der Waals surface area contributed by atoms with Gasteiger partial charge in [-0.1, -0.05) is 23.2 Å². The SMILES string of the molecule is CC(C)(C(=O)NCc1ccco1)C(=O)Nc1cc(Cl)cc(Cl)c1. The van der Waals surface area contributed by atoms with Gasteiger partial charge >= 0.3 is 0 Å². The number of hydrogen-bond donors (Lipinski definition) is 2. The number of amides is 2. The topological polar surface area (TPSA) is 71.3 Å². The summed E-state index contributed by atoms with van der Waals surface area (Å²) >= 11 is 11.8. The molecule has 1 aromatic carbocycles. The molecule has 0 radical (unpaired) electrons. The molecule has 1 heterocycles. The second-order valence-corrected chi connectivity index (χ2v) is 6.37. The van der Waals surface area contributed by atoms with Crippen molar-refractivity contribution in [2.45, 2.75) is 20.4 Å². The summed E-state index contributed by atoms with van der Waals surface area (Å²) in [5.74, 6) is -0.275. The molecule has 1 aromatic heterocycles. The third-order valence-corrected chi connectivity index (χ3v) is 3.70. The van der Waals surface area contributed by atoms with Crippen LogP contribution in [0, 0.1) is 5.41 Å². The number of carbonyl (C=O) groups excluding carboxylic acids is 2. The Bertz CT molecular complexity index is 692. The molecular weight excluding hydrogens is 339 g/mol. The molecule has 122 valence electrons. The molecule has 2 N–H and O–H groups in total. The number of furan rings is 1. The van der Waals surface area contributed by atoms with Crippen LogP contribution in [0.1, 0.15) is 19.6 Å². The lowest BCUT2D eigenvalue weighted by atomic mass is 9.91. The molecule has 0 aliphatic rings. The van der Waals surface area contributed by atoms with Gasteiger partial charge < -0.3 is 15.1 Å². The average Bonchev–Trinajstić information content (AvgIpc) is 2.96. The molecule has 0 atom stereocenters. The third kappa shape index (κ3) is 4.50. The number of anilines is 1. The Labute approximate surface area is 144 Å². The van der Waals surface area contributed by atoms with Crippen LogP contribution in [0.3, 0.4) is 0 Å². The summed E-state index contributed by atoms with van der Waals surface area (Å²) in [5.41, 5.74) is -0.846. The quantitative estimate of drug-likeness (QED) is 0.800. The number of nitrogens with one attached hydrogen (secondary N) is 2. The van der Waals surface area contributed by atoms with Gasteiger partial charge in [-0.25, -0.2) is 0 Å². The van der Waals surface area contributed by atoms with E-state index in [0.717, 1.165) is 0 Å². The average molecular weight is 355 g/mol. The Morgan fingerprint density at radius 1 is 1.13 bits per heavy atom. The second kappa shape index (κ2) is 7.06. The Balaban J connectivity index is 2.02. The highest BCUT2D eigenvalue weighted by atomic mass is 35.5. The van der Waals surface area contributed by atoms with Crippen molar-refractivity contribution >= 4 is 40.7 Å². The van der Waals surface area contributed by atoms with Crippen LogP contribution >= 0.6 is 23.2 Å². The summed E-state index contributed by atoms with van der Waals surface area (Å²) in [6.45, 7) is 3.28. The molecule has 5 nitrogen and oxygen atoms in total. The van der Waals surface area contributed by atoms with Gasteiger partial charge in [0, 0.05) is 15.7 Å². The van der Waals surface area contributed by atoms with Crippen LogP contribution in [0.2, 0.25) is 10.0 Å². The van der Waals surface area contributed by atoms with Crippen LogP contribution in [0.5, 0.6) is 0 Å². The highest BCUT2D eigenvalue weighted by molar-refractivity contribution is 6.35. The van der Waals surface area contributed by atoms with Crippen LogP contribution in [-0.2, 0) is 16.1 Å². The lowest BCUT2D eigenvalue weighted by Gasteiger charge is -2.22. The molecule has 7 heteroatoms. The van der Waals surface area contributed by atoms with E-state index in [0.29, 0.717) is 21.5 Å². The molecule has 0 spiro atoms. The number of halogens is 2. The maximum Gasteiger partial charge on any atom is 0.239 e. The normalized spacial score (nSPS) is 11.1. The summed E-state index contributed by atoms with van der Waals surface area (Å²) in [6.07, 6.45) is 1.52. The van der Waals surface area contributed by atoms with Gasteiger partial charge in [0.15, 0.2) is 0 Å². The Morgan fingerprint density at radius 3 is 2.35 bits per heavy atom. The minimum Gasteiger partial charge on any atom is -0.467 e. The van der Waals surface area contributed by atoms with E-state index >= 15 is 0 Å². The van der Waals surface area contributed by atoms with Crippen LogP contribution < -0.4 is 10.6 Å². The van der Waals surface area contributed by atoms with Gasteiger partial charge in [0.25, 0.3) is 0 Å². The summed E-state index contributed by atoms with van der Waals surface area (Å²) < 4.78 is 5.13. The van der Waals surface area contributed by atoms with Gasteiger partial charge in [0.1, 0.15) is 11.2 Å². The zero-order chi connectivity index (χ0) is 17.0. The fourth-order valence-corrected chi connectivity index (χ4v) is 2.34. The largest absolute Gasteiger partial charge is 0.467 e. The lowest BCUT2D eigenvalue weighted by Crippen LogP contribution is -2.44. The highest BCUT2D eigenvalue weighted by Gasteiger charge is 2.36. The summed E-state index contributed by atoms with van der Waals surface area (Å²) in [6, 6.07) is 8.13. The molecule has 0 aliphatic carbocycles. The zero-order valence-electron chi connectivity index (χ0n) is 12.7. The van der Waals surface area contributed by atoms with Crippen molar-refractivity contribution in [3.63, 3.8) is 0 Å². The first-order valence-corrected chi connectivity index (χ1v) is 7.63. The highest BCUT2D eigenvalue weighted by Crippen LogP contribution is 2.25. The fourth-order valence-electron chi connectivity index (χ4n) is 1.82. The van der Waals surface area contributed by atoms with E-state index in [1.54, 1.807) is 30.3 Å². The van der Waals surface area contributed by atoms with Gasteiger partial charge in [-0.15, -0.1) is 0 Å². The Morgan fingerprint density at radius 2 is 1.78 bits per heavy atom. The van der Waals surface area contributed by atoms with Gasteiger partial charge in [-0.05, 0) is 44.2 Å². The first-order valence-electron chi connectivity index (χ1n) is 6.87. The summed E-state index contributed by atoms with van der Waals surface area (Å²) in [7, 11) is 0. The van der Waals surface area contributed by atoms with Crippen molar-refractivity contribution in [2.24, 2.45) is 5.41 Å². The number of carbonyl (C=O) groups is 2. The molecular formula is C16H16Cl2N2O3. The minimum atomic E-state index is -1.28. The van der Waals surface area contributed by atoms with E-state index in [9.17, 15) is 9.59 Å². The second-order valence-electron chi connectivity index (χ2n) is 5.50. The van der Waals surface area contributed by atoms with Crippen molar-refractivity contribution in [2.75, 3.05) is 5.32 Å². The van der Waals surface area contributed by atoms with Gasteiger partial charge in [-0.3, -0.25) is 9.59 Å². The molecule has 2 rings (SSSR count). The molecule has 0 saturated heterocycles. The van der Waals surface area contributed by atoms with E-state index in [1.807, 2.05) is 0 Å². The van der Waals surface area contributed by atoms with Crippen molar-refractivity contribution in [3.8, 4) is 0 Å². The molecule has 0 unspecified atom stereocenters. The van der Waals surface area contributed by atoms with Crippen molar-refractivity contribution in [3.05, 3.63) is 52.4 Å². The third-order valence-electron chi connectivity index (χ3n) is 3.26. The van der Waals surface area contributed by atoms with E-state index in [4.69, 9.17) is 27.6 Å². The van der Waals surface area contributed by atoms with E-state index in [1.165, 1.54) is 20.1 Å². The predicted molar refractivity (Wildman–Crippen MR) is 89.4 cm³/mol. The number of benzene rings is 1. The fraction of sp³-hybridized carbons (Fsp3) is 0.250. The van der Waals surface area contributed by atoms with Crippen molar-refractivity contribution in [1.82, 2.24) is 5.32 Å². The minimum absolute atomic E-state index is 0.214. The number of hydrogen-bond acceptors (Lipinski definition) is 3. The van der Waals surface area contributed by atoms with E-state index < -0.39 is 17.2 Å². The van der Waals surface area contributed by atoms with Crippen LogP contribution in [0.25, 0.3) is 0 Å². The van der Waals surface area contributed by atoms with Crippen LogP contribution in [-0.4, -0.2) is 11.8 Å². The molecule has 0 fully saturated rings. The lowest BCUT2D eigenvalue weighted by molar-refractivity contribution is -0.138. The number of rotatable bonds is 5. The molecule has 0 saturated carbocycles. The van der Waals surface area contributed by atoms with Gasteiger partial charge in [0.2, 0.25) is 11.8 Å². The molecule has 0 bridgehead atoms. The zero-order valence-corrected chi connectivity index (χ0v) is 14.2. The Hall–Kier alpha value is -1.98. The molecule has 2 aromatic rings. The summed E-state index contributed by atoms with van der Waals surface area (Å²) in [5, 5.41) is 6.11. The predicted octanol–water partition coefficient (Wildman–Crippen LogP) is 3.87. The van der Waals surface area contributed by atoms with Crippen molar-refractivity contribution < 1.29 is 14.0 Å². The first kappa shape index (κ1) is 17.4. The van der Waals surface area contributed by atoms with E-state index in [2.05, 4.69) is 10.6 Å². The molecule has 2 amide bonds. The van der Waals surface area contributed by atoms with E-state index in [-0.39, 0.29) is 6.54 Å². The van der Waals surface area contributed by atoms with Crippen LogP contribution in [0.4, 0.5) is 5.69 Å². The molecule has 23 heavy (non-hydrogen) atoms. The monoisotopic (exact) mass is 354 g/mol. The standard InChI is InChI=1S/C16H16Cl2N2O3/c1-16(2,14(21)19-9-13-4-3-5-23-13)15(22)20-12-7-10(17)6-11(18)8-12/h3-8H,9H2,1-2H3,(H,19,21)(H,20,22). The van der Waals surface area contributed by atoms with Crippen LogP contribution in [0.15, 0.2) is 41.0 Å². The summed E-state index contributed by atoms with van der Waals surface area (Å²) in [4.78, 5) is 24.6. The smallest absolute Gasteiger partial charge is 0.239 e. The first-order chi connectivity index (χ1) is 10.8. The maximum absolute atomic E-state index is 12.4. The van der Waals surface area contributed by atoms with Crippen molar-refractivity contribution in [1.29, 1.82) is 0 Å². The Kier molecular flexibility index (Phi) is 5.34. The van der Waals surface area contributed by atoms with Gasteiger partial charge in [0.05, 0.1) is 12.8 Å². The maximum atomic E-state index is 12.4.